The molecule has 1 amide bonds. The van der Waals surface area contributed by atoms with Crippen molar-refractivity contribution in [3.8, 4) is 11.1 Å². The van der Waals surface area contributed by atoms with Crippen molar-refractivity contribution in [3.63, 3.8) is 0 Å². The van der Waals surface area contributed by atoms with Gasteiger partial charge in [-0.05, 0) is 53.8 Å². The van der Waals surface area contributed by atoms with Crippen molar-refractivity contribution in [2.75, 3.05) is 5.32 Å². The lowest BCUT2D eigenvalue weighted by atomic mass is 10.1. The molecule has 2 N–H and O–H groups in total. The molecular formula is C20H16N2O2. The first kappa shape index (κ1) is 14.5. The van der Waals surface area contributed by atoms with Crippen LogP contribution in [-0.4, -0.2) is 16.7 Å². The van der Waals surface area contributed by atoms with Gasteiger partial charge in [0.25, 0.3) is 5.91 Å². The number of Topliss-reactive ketones (excluding diaryl/α,β-unsaturated/α-hetero) is 1. The van der Waals surface area contributed by atoms with Crippen LogP contribution in [0.1, 0.15) is 38.9 Å². The Morgan fingerprint density at radius 2 is 1.79 bits per heavy atom. The number of ketones is 1. The highest BCUT2D eigenvalue weighted by Crippen LogP contribution is 2.37. The summed E-state index contributed by atoms with van der Waals surface area (Å²) in [6.07, 6.45) is 2.43. The third-order valence-corrected chi connectivity index (χ3v) is 4.39. The number of carbonyl (C=O) groups is 2. The van der Waals surface area contributed by atoms with Crippen LogP contribution in [-0.2, 0) is 6.42 Å². The lowest BCUT2D eigenvalue weighted by Gasteiger charge is -2.07. The van der Waals surface area contributed by atoms with Crippen LogP contribution in [0.2, 0.25) is 0 Å². The Balaban J connectivity index is 1.57. The Labute approximate surface area is 139 Å². The molecule has 0 bridgehead atoms. The minimum Gasteiger partial charge on any atom is -0.356 e. The van der Waals surface area contributed by atoms with Gasteiger partial charge in [-0.15, -0.1) is 0 Å². The topological polar surface area (TPSA) is 62.0 Å². The van der Waals surface area contributed by atoms with Gasteiger partial charge in [0, 0.05) is 17.4 Å². The summed E-state index contributed by atoms with van der Waals surface area (Å²) in [6, 6.07) is 15.9. The van der Waals surface area contributed by atoms with Gasteiger partial charge in [0.2, 0.25) is 0 Å². The fraction of sp³-hybridized carbons (Fsp3) is 0.100. The van der Waals surface area contributed by atoms with E-state index >= 15 is 0 Å². The number of hydrogen-bond donors (Lipinski definition) is 2. The number of rotatable bonds is 3. The smallest absolute Gasteiger partial charge is 0.272 e. The van der Waals surface area contributed by atoms with Crippen molar-refractivity contribution in [3.05, 3.63) is 77.1 Å². The van der Waals surface area contributed by atoms with Gasteiger partial charge in [-0.25, -0.2) is 0 Å². The van der Waals surface area contributed by atoms with Gasteiger partial charge >= 0.3 is 0 Å². The second-order valence-electron chi connectivity index (χ2n) is 6.02. The van der Waals surface area contributed by atoms with Crippen molar-refractivity contribution in [2.45, 2.75) is 13.3 Å². The van der Waals surface area contributed by atoms with Crippen LogP contribution >= 0.6 is 0 Å². The molecule has 0 atom stereocenters. The molecule has 118 valence electrons. The van der Waals surface area contributed by atoms with E-state index in [1.807, 2.05) is 30.3 Å². The third-order valence-electron chi connectivity index (χ3n) is 4.39. The average molecular weight is 316 g/mol. The molecule has 0 radical (unpaired) electrons. The van der Waals surface area contributed by atoms with Crippen molar-refractivity contribution < 1.29 is 9.59 Å². The first-order valence-electron chi connectivity index (χ1n) is 7.84. The van der Waals surface area contributed by atoms with E-state index in [2.05, 4.69) is 22.4 Å². The van der Waals surface area contributed by atoms with E-state index < -0.39 is 0 Å². The molecule has 4 heteroatoms. The quantitative estimate of drug-likeness (QED) is 0.560. The lowest BCUT2D eigenvalue weighted by molar-refractivity contribution is 0.101. The van der Waals surface area contributed by atoms with Gasteiger partial charge in [-0.2, -0.15) is 0 Å². The summed E-state index contributed by atoms with van der Waals surface area (Å²) in [6.45, 7) is 1.48. The van der Waals surface area contributed by atoms with Crippen LogP contribution in [0.25, 0.3) is 11.1 Å². The molecule has 0 unspecified atom stereocenters. The number of aromatic nitrogens is 1. The maximum absolute atomic E-state index is 12.3. The molecule has 1 aromatic heterocycles. The minimum atomic E-state index is -0.252. The van der Waals surface area contributed by atoms with Crippen LogP contribution in [0.15, 0.2) is 54.7 Å². The highest BCUT2D eigenvalue weighted by Gasteiger charge is 2.18. The van der Waals surface area contributed by atoms with E-state index in [0.29, 0.717) is 11.3 Å². The molecule has 3 aromatic rings. The molecule has 0 spiro atoms. The summed E-state index contributed by atoms with van der Waals surface area (Å²) < 4.78 is 0. The second-order valence-corrected chi connectivity index (χ2v) is 6.02. The number of anilines is 1. The SMILES string of the molecule is CC(=O)c1c[nH]c(C(=O)Nc2ccc3c(c2)Cc2ccccc2-3)c1. The number of aromatic amines is 1. The summed E-state index contributed by atoms with van der Waals surface area (Å²) in [5, 5.41) is 2.89. The van der Waals surface area contributed by atoms with E-state index in [0.717, 1.165) is 12.1 Å². The number of benzene rings is 2. The molecule has 0 saturated carbocycles. The van der Waals surface area contributed by atoms with Crippen molar-refractivity contribution in [1.82, 2.24) is 4.98 Å². The summed E-state index contributed by atoms with van der Waals surface area (Å²) >= 11 is 0. The zero-order chi connectivity index (χ0) is 16.7. The zero-order valence-electron chi connectivity index (χ0n) is 13.2. The lowest BCUT2D eigenvalue weighted by Crippen LogP contribution is -2.12. The molecule has 1 aliphatic rings. The van der Waals surface area contributed by atoms with Crippen LogP contribution in [0.5, 0.6) is 0 Å². The second kappa shape index (κ2) is 5.49. The van der Waals surface area contributed by atoms with Gasteiger partial charge < -0.3 is 10.3 Å². The van der Waals surface area contributed by atoms with Crippen LogP contribution in [0, 0.1) is 0 Å². The largest absolute Gasteiger partial charge is 0.356 e. The highest BCUT2D eigenvalue weighted by molar-refractivity contribution is 6.05. The highest BCUT2D eigenvalue weighted by atomic mass is 16.2. The molecule has 4 rings (SSSR count). The standard InChI is InChI=1S/C20H16N2O2/c1-12(23)15-10-19(21-11-15)20(24)22-16-6-7-18-14(9-16)8-13-4-2-3-5-17(13)18/h2-7,9-11,21H,8H2,1H3,(H,22,24). The zero-order valence-corrected chi connectivity index (χ0v) is 13.2. The molecule has 2 aromatic carbocycles. The number of hydrogen-bond acceptors (Lipinski definition) is 2. The number of nitrogens with one attached hydrogen (secondary N) is 2. The van der Waals surface area contributed by atoms with Gasteiger partial charge in [0.05, 0.1) is 0 Å². The first-order valence-corrected chi connectivity index (χ1v) is 7.84. The van der Waals surface area contributed by atoms with Gasteiger partial charge in [0.15, 0.2) is 5.78 Å². The molecule has 0 aliphatic heterocycles. The monoisotopic (exact) mass is 316 g/mol. The molecule has 24 heavy (non-hydrogen) atoms. The Morgan fingerprint density at radius 1 is 1.00 bits per heavy atom. The summed E-state index contributed by atoms with van der Waals surface area (Å²) in [4.78, 5) is 26.5. The predicted octanol–water partition coefficient (Wildman–Crippen LogP) is 4.04. The predicted molar refractivity (Wildman–Crippen MR) is 93.4 cm³/mol. The molecule has 4 nitrogen and oxygen atoms in total. The maximum Gasteiger partial charge on any atom is 0.272 e. The normalized spacial score (nSPS) is 11.7. The Morgan fingerprint density at radius 3 is 2.58 bits per heavy atom. The molecule has 0 fully saturated rings. The van der Waals surface area contributed by atoms with Crippen molar-refractivity contribution in [2.24, 2.45) is 0 Å². The van der Waals surface area contributed by atoms with Crippen molar-refractivity contribution >= 4 is 17.4 Å². The summed E-state index contributed by atoms with van der Waals surface area (Å²) in [7, 11) is 0. The minimum absolute atomic E-state index is 0.0689. The fourth-order valence-corrected chi connectivity index (χ4v) is 3.15. The van der Waals surface area contributed by atoms with Crippen LogP contribution in [0.4, 0.5) is 5.69 Å². The summed E-state index contributed by atoms with van der Waals surface area (Å²) in [5.41, 5.74) is 6.65. The van der Waals surface area contributed by atoms with E-state index in [9.17, 15) is 9.59 Å². The van der Waals surface area contributed by atoms with E-state index in [-0.39, 0.29) is 11.7 Å². The maximum atomic E-state index is 12.3. The van der Waals surface area contributed by atoms with Gasteiger partial charge in [-0.1, -0.05) is 30.3 Å². The molecule has 1 heterocycles. The Hall–Kier alpha value is -3.14. The number of H-pyrrole nitrogens is 1. The third kappa shape index (κ3) is 2.42. The van der Waals surface area contributed by atoms with Crippen LogP contribution < -0.4 is 5.32 Å². The van der Waals surface area contributed by atoms with Gasteiger partial charge in [0.1, 0.15) is 5.69 Å². The first-order chi connectivity index (χ1) is 11.6. The molecular weight excluding hydrogens is 300 g/mol. The Kier molecular flexibility index (Phi) is 3.31. The van der Waals surface area contributed by atoms with E-state index in [1.54, 1.807) is 12.3 Å². The molecule has 1 aliphatic carbocycles. The fourth-order valence-electron chi connectivity index (χ4n) is 3.15. The average Bonchev–Trinajstić information content (AvgIpc) is 3.19. The number of fused-ring (bicyclic) bond motifs is 3. The van der Waals surface area contributed by atoms with Crippen molar-refractivity contribution in [1.29, 1.82) is 0 Å². The van der Waals surface area contributed by atoms with Crippen LogP contribution in [0.3, 0.4) is 0 Å². The van der Waals surface area contributed by atoms with E-state index in [1.165, 1.54) is 29.2 Å². The van der Waals surface area contributed by atoms with Gasteiger partial charge in [-0.3, -0.25) is 9.59 Å². The Bertz CT molecular complexity index is 969. The molecule has 0 saturated heterocycles. The number of carbonyl (C=O) groups excluding carboxylic acids is 2. The van der Waals surface area contributed by atoms with E-state index in [4.69, 9.17) is 0 Å². The summed E-state index contributed by atoms with van der Waals surface area (Å²) in [5.74, 6) is -0.321. The number of amides is 1.